The molecule has 0 aliphatic heterocycles. The van der Waals surface area contributed by atoms with E-state index in [0.717, 1.165) is 34.5 Å². The molecule has 1 aromatic heterocycles. The molecule has 0 aliphatic carbocycles. The number of para-hydroxylation sites is 1. The van der Waals surface area contributed by atoms with Crippen molar-refractivity contribution >= 4 is 23.4 Å². The summed E-state index contributed by atoms with van der Waals surface area (Å²) < 4.78 is 41.0. The normalized spacial score (nSPS) is 11.4. The van der Waals surface area contributed by atoms with Crippen molar-refractivity contribution in [1.82, 2.24) is 14.7 Å². The van der Waals surface area contributed by atoms with Crippen LogP contribution in [0.3, 0.4) is 0 Å². The Balaban J connectivity index is 1.62. The lowest BCUT2D eigenvalue weighted by molar-refractivity contribution is -0.137. The Morgan fingerprint density at radius 2 is 1.60 bits per heavy atom. The molecule has 0 bridgehead atoms. The summed E-state index contributed by atoms with van der Waals surface area (Å²) in [4.78, 5) is 27.7. The molecule has 3 aromatic carbocycles. The maximum Gasteiger partial charge on any atom is 0.416 e. The number of nitrogens with zero attached hydrogens (tertiary/aromatic N) is 3. The van der Waals surface area contributed by atoms with Crippen molar-refractivity contribution in [2.45, 2.75) is 39.9 Å². The molecule has 1 heterocycles. The van der Waals surface area contributed by atoms with E-state index in [-0.39, 0.29) is 12.2 Å². The standard InChI is InChI=1S/C30H30F3N5O2/c1-19(2)37(29(40)34-24-15-10-14-23(17-24)30(31,32)33)18-26(39)35-28-27(22-12-6-5-7-13-22)21(4)36-38(28)25-16-9-8-11-20(25)3/h5-17,19H,18H2,1-4H3,(H,34,40)(H,35,39). The predicted octanol–water partition coefficient (Wildman–Crippen LogP) is 7.06. The van der Waals surface area contributed by atoms with Crippen molar-refractivity contribution in [3.05, 3.63) is 95.7 Å². The van der Waals surface area contributed by atoms with E-state index in [2.05, 4.69) is 10.6 Å². The molecule has 4 aromatic rings. The number of hydrogen-bond acceptors (Lipinski definition) is 3. The fourth-order valence-electron chi connectivity index (χ4n) is 4.35. The summed E-state index contributed by atoms with van der Waals surface area (Å²) in [5, 5.41) is 10.2. The van der Waals surface area contributed by atoms with E-state index in [1.54, 1.807) is 18.5 Å². The molecule has 3 amide bonds. The lowest BCUT2D eigenvalue weighted by atomic mass is 10.1. The third-order valence-electron chi connectivity index (χ3n) is 6.36. The summed E-state index contributed by atoms with van der Waals surface area (Å²) in [6.45, 7) is 6.90. The number of carbonyl (C=O) groups excluding carboxylic acids is 2. The van der Waals surface area contributed by atoms with Crippen LogP contribution in [0.25, 0.3) is 16.8 Å². The summed E-state index contributed by atoms with van der Waals surface area (Å²) in [7, 11) is 0. The van der Waals surface area contributed by atoms with Crippen LogP contribution in [0.15, 0.2) is 78.9 Å². The summed E-state index contributed by atoms with van der Waals surface area (Å²) in [5.41, 5.74) is 3.13. The second-order valence-electron chi connectivity index (χ2n) is 9.65. The van der Waals surface area contributed by atoms with Crippen molar-refractivity contribution in [2.24, 2.45) is 0 Å². The van der Waals surface area contributed by atoms with Gasteiger partial charge in [-0.2, -0.15) is 18.3 Å². The van der Waals surface area contributed by atoms with Gasteiger partial charge in [-0.15, -0.1) is 0 Å². The van der Waals surface area contributed by atoms with Crippen molar-refractivity contribution in [3.63, 3.8) is 0 Å². The van der Waals surface area contributed by atoms with Crippen LogP contribution in [-0.4, -0.2) is 39.2 Å². The highest BCUT2D eigenvalue weighted by Crippen LogP contribution is 2.34. The zero-order valence-electron chi connectivity index (χ0n) is 22.6. The van der Waals surface area contributed by atoms with Gasteiger partial charge in [0.1, 0.15) is 12.4 Å². The molecule has 7 nitrogen and oxygen atoms in total. The maximum atomic E-state index is 13.4. The lowest BCUT2D eigenvalue weighted by Crippen LogP contribution is -2.44. The van der Waals surface area contributed by atoms with Gasteiger partial charge in [0.05, 0.1) is 16.9 Å². The molecule has 0 saturated carbocycles. The second-order valence-corrected chi connectivity index (χ2v) is 9.65. The van der Waals surface area contributed by atoms with Gasteiger partial charge in [0.15, 0.2) is 0 Å². The highest BCUT2D eigenvalue weighted by Gasteiger charge is 2.31. The van der Waals surface area contributed by atoms with E-state index in [9.17, 15) is 22.8 Å². The number of carbonyl (C=O) groups is 2. The van der Waals surface area contributed by atoms with Gasteiger partial charge in [-0.3, -0.25) is 4.79 Å². The van der Waals surface area contributed by atoms with Crippen LogP contribution >= 0.6 is 0 Å². The second kappa shape index (κ2) is 11.6. The molecule has 40 heavy (non-hydrogen) atoms. The lowest BCUT2D eigenvalue weighted by Gasteiger charge is -2.26. The van der Waals surface area contributed by atoms with Crippen molar-refractivity contribution in [1.29, 1.82) is 0 Å². The minimum atomic E-state index is -4.55. The molecule has 0 saturated heterocycles. The van der Waals surface area contributed by atoms with E-state index < -0.39 is 29.7 Å². The van der Waals surface area contributed by atoms with Crippen LogP contribution in [0, 0.1) is 13.8 Å². The van der Waals surface area contributed by atoms with E-state index in [0.29, 0.717) is 11.5 Å². The monoisotopic (exact) mass is 549 g/mol. The van der Waals surface area contributed by atoms with Gasteiger partial charge in [-0.25, -0.2) is 9.48 Å². The molecular formula is C30H30F3N5O2. The first-order valence-corrected chi connectivity index (χ1v) is 12.7. The summed E-state index contributed by atoms with van der Waals surface area (Å²) >= 11 is 0. The third-order valence-corrected chi connectivity index (χ3v) is 6.36. The average Bonchev–Trinajstić information content (AvgIpc) is 3.22. The van der Waals surface area contributed by atoms with Gasteiger partial charge in [-0.05, 0) is 63.1 Å². The fourth-order valence-corrected chi connectivity index (χ4v) is 4.35. The van der Waals surface area contributed by atoms with Gasteiger partial charge in [-0.1, -0.05) is 54.6 Å². The quantitative estimate of drug-likeness (QED) is 0.259. The summed E-state index contributed by atoms with van der Waals surface area (Å²) in [6, 6.07) is 20.4. The number of alkyl halides is 3. The number of hydrogen-bond donors (Lipinski definition) is 2. The third kappa shape index (κ3) is 6.33. The SMILES string of the molecule is Cc1ccccc1-n1nc(C)c(-c2ccccc2)c1NC(=O)CN(C(=O)Nc1cccc(C(F)(F)F)c1)C(C)C. The highest BCUT2D eigenvalue weighted by atomic mass is 19.4. The molecule has 0 spiro atoms. The molecule has 4 rings (SSSR count). The Hall–Kier alpha value is -4.60. The Morgan fingerprint density at radius 1 is 0.925 bits per heavy atom. The Kier molecular flexibility index (Phi) is 8.27. The zero-order chi connectivity index (χ0) is 29.0. The van der Waals surface area contributed by atoms with Gasteiger partial charge >= 0.3 is 12.2 Å². The van der Waals surface area contributed by atoms with Crippen molar-refractivity contribution in [3.8, 4) is 16.8 Å². The molecular weight excluding hydrogens is 519 g/mol. The van der Waals surface area contributed by atoms with Crippen LogP contribution in [-0.2, 0) is 11.0 Å². The number of aryl methyl sites for hydroxylation is 2. The van der Waals surface area contributed by atoms with Crippen molar-refractivity contribution in [2.75, 3.05) is 17.2 Å². The van der Waals surface area contributed by atoms with Gasteiger partial charge in [0.2, 0.25) is 5.91 Å². The van der Waals surface area contributed by atoms with Crippen molar-refractivity contribution < 1.29 is 22.8 Å². The van der Waals surface area contributed by atoms with E-state index in [1.165, 1.54) is 17.0 Å². The Labute approximate surface area is 230 Å². The molecule has 10 heteroatoms. The van der Waals surface area contributed by atoms with Gasteiger partial charge in [0.25, 0.3) is 0 Å². The number of urea groups is 1. The predicted molar refractivity (Wildman–Crippen MR) is 149 cm³/mol. The number of halogens is 3. The zero-order valence-corrected chi connectivity index (χ0v) is 22.6. The molecule has 0 radical (unpaired) electrons. The number of nitrogens with one attached hydrogen (secondary N) is 2. The molecule has 0 fully saturated rings. The fraction of sp³-hybridized carbons (Fsp3) is 0.233. The number of rotatable bonds is 7. The van der Waals surface area contributed by atoms with Crippen LogP contribution in [0.4, 0.5) is 29.5 Å². The Morgan fingerprint density at radius 3 is 2.25 bits per heavy atom. The van der Waals surface area contributed by atoms with E-state index >= 15 is 0 Å². The van der Waals surface area contributed by atoms with Crippen LogP contribution in [0.2, 0.25) is 0 Å². The van der Waals surface area contributed by atoms with Gasteiger partial charge in [0, 0.05) is 17.3 Å². The topological polar surface area (TPSA) is 79.3 Å². The largest absolute Gasteiger partial charge is 0.416 e. The smallest absolute Gasteiger partial charge is 0.313 e. The summed E-state index contributed by atoms with van der Waals surface area (Å²) in [5.74, 6) is -0.0372. The number of benzene rings is 3. The first-order valence-electron chi connectivity index (χ1n) is 12.7. The minimum Gasteiger partial charge on any atom is -0.313 e. The van der Waals surface area contributed by atoms with Crippen LogP contribution < -0.4 is 10.6 Å². The van der Waals surface area contributed by atoms with E-state index in [4.69, 9.17) is 5.10 Å². The maximum absolute atomic E-state index is 13.4. The number of aromatic nitrogens is 2. The molecule has 208 valence electrons. The minimum absolute atomic E-state index is 0.0227. The van der Waals surface area contributed by atoms with E-state index in [1.807, 2.05) is 68.4 Å². The van der Waals surface area contributed by atoms with Crippen LogP contribution in [0.5, 0.6) is 0 Å². The first kappa shape index (κ1) is 28.4. The highest BCUT2D eigenvalue weighted by molar-refractivity contribution is 5.99. The van der Waals surface area contributed by atoms with Gasteiger partial charge < -0.3 is 15.5 Å². The van der Waals surface area contributed by atoms with Crippen LogP contribution in [0.1, 0.15) is 30.7 Å². The molecule has 2 N–H and O–H groups in total. The summed E-state index contributed by atoms with van der Waals surface area (Å²) in [6.07, 6.45) is -4.55. The number of anilines is 2. The molecule has 0 aliphatic rings. The average molecular weight is 550 g/mol. The Bertz CT molecular complexity index is 1510. The molecule has 0 atom stereocenters. The molecule has 0 unspecified atom stereocenters. The first-order chi connectivity index (χ1) is 19.0. The number of amides is 3.